The second kappa shape index (κ2) is 10.6. The highest BCUT2D eigenvalue weighted by molar-refractivity contribution is 7.26. The minimum absolute atomic E-state index is 0.107. The van der Waals surface area contributed by atoms with Crippen molar-refractivity contribution < 1.29 is 4.42 Å². The number of hydrogen-bond acceptors (Lipinski definition) is 4. The van der Waals surface area contributed by atoms with Crippen LogP contribution in [0.4, 0.5) is 17.1 Å². The first-order valence-corrected chi connectivity index (χ1v) is 19.8. The molecule has 2 nitrogen and oxygen atoms in total. The van der Waals surface area contributed by atoms with Crippen LogP contribution in [-0.4, -0.2) is 0 Å². The molecule has 0 amide bonds. The number of fused-ring (bicyclic) bond motifs is 15. The standard InChI is InChI=1S/C49H31NOS2/c1-49(2)39-15-7-5-12-32(39)33-22-19-29(26-40(33)49)50(30-20-23-35-34-13-6-8-17-42(34)52-44(35)27-30)41-16-9-14-38-45-43(53-48(38)41)25-24-37-36-21-18-28-10-3-4-11-31(28)46(36)51-47(37)45/h3-27H,1-2H3. The van der Waals surface area contributed by atoms with Crippen molar-refractivity contribution in [2.45, 2.75) is 19.3 Å². The van der Waals surface area contributed by atoms with Gasteiger partial charge in [-0.2, -0.15) is 0 Å². The van der Waals surface area contributed by atoms with E-state index in [-0.39, 0.29) is 5.41 Å². The van der Waals surface area contributed by atoms with Gasteiger partial charge in [0.2, 0.25) is 0 Å². The molecule has 3 aromatic heterocycles. The van der Waals surface area contributed by atoms with E-state index in [9.17, 15) is 0 Å². The Balaban J connectivity index is 1.13. The highest BCUT2D eigenvalue weighted by Crippen LogP contribution is 2.53. The summed E-state index contributed by atoms with van der Waals surface area (Å²) in [5.74, 6) is 0. The van der Waals surface area contributed by atoms with Crippen LogP contribution in [0.15, 0.2) is 156 Å². The number of hydrogen-bond donors (Lipinski definition) is 0. The summed E-state index contributed by atoms with van der Waals surface area (Å²) in [7, 11) is 0. The van der Waals surface area contributed by atoms with E-state index in [1.54, 1.807) is 0 Å². The lowest BCUT2D eigenvalue weighted by atomic mass is 9.82. The van der Waals surface area contributed by atoms with Crippen LogP contribution in [0.2, 0.25) is 0 Å². The fraction of sp³-hybridized carbons (Fsp3) is 0.0612. The highest BCUT2D eigenvalue weighted by Gasteiger charge is 2.36. The van der Waals surface area contributed by atoms with Gasteiger partial charge in [-0.3, -0.25) is 0 Å². The van der Waals surface area contributed by atoms with Gasteiger partial charge in [-0.25, -0.2) is 0 Å². The van der Waals surface area contributed by atoms with E-state index in [0.717, 1.165) is 38.7 Å². The van der Waals surface area contributed by atoms with Crippen molar-refractivity contribution in [1.82, 2.24) is 0 Å². The quantitative estimate of drug-likeness (QED) is 0.181. The third-order valence-electron chi connectivity index (χ3n) is 11.7. The van der Waals surface area contributed by atoms with E-state index >= 15 is 0 Å². The van der Waals surface area contributed by atoms with Gasteiger partial charge >= 0.3 is 0 Å². The lowest BCUT2D eigenvalue weighted by molar-refractivity contribution is 0.660. The Bertz CT molecular complexity index is 3340. The third-order valence-corrected chi connectivity index (χ3v) is 14.0. The average molecular weight is 714 g/mol. The molecule has 0 spiro atoms. The topological polar surface area (TPSA) is 16.4 Å². The fourth-order valence-corrected chi connectivity index (χ4v) is 11.5. The van der Waals surface area contributed by atoms with Crippen LogP contribution in [0, 0.1) is 0 Å². The van der Waals surface area contributed by atoms with Gasteiger partial charge in [-0.05, 0) is 82.2 Å². The number of rotatable bonds is 3. The van der Waals surface area contributed by atoms with Crippen molar-refractivity contribution in [2.24, 2.45) is 0 Å². The van der Waals surface area contributed by atoms with Crippen molar-refractivity contribution in [3.63, 3.8) is 0 Å². The molecule has 0 saturated heterocycles. The van der Waals surface area contributed by atoms with Crippen LogP contribution < -0.4 is 4.90 Å². The molecule has 0 N–H and O–H groups in total. The smallest absolute Gasteiger partial charge is 0.144 e. The first kappa shape index (κ1) is 29.6. The first-order chi connectivity index (χ1) is 26.0. The predicted molar refractivity (Wildman–Crippen MR) is 229 cm³/mol. The molecule has 0 unspecified atom stereocenters. The molecule has 0 atom stereocenters. The van der Waals surface area contributed by atoms with Crippen LogP contribution in [0.25, 0.3) is 84.2 Å². The summed E-state index contributed by atoms with van der Waals surface area (Å²) in [6.07, 6.45) is 0. The molecule has 1 aliphatic rings. The van der Waals surface area contributed by atoms with E-state index in [1.807, 2.05) is 22.7 Å². The summed E-state index contributed by atoms with van der Waals surface area (Å²) >= 11 is 3.73. The van der Waals surface area contributed by atoms with Gasteiger partial charge in [0.05, 0.1) is 10.4 Å². The minimum atomic E-state index is -0.107. The van der Waals surface area contributed by atoms with Crippen LogP contribution in [0.1, 0.15) is 25.0 Å². The normalized spacial score (nSPS) is 13.6. The molecule has 0 bridgehead atoms. The zero-order chi connectivity index (χ0) is 35.0. The Kier molecular flexibility index (Phi) is 5.91. The molecular weight excluding hydrogens is 683 g/mol. The van der Waals surface area contributed by atoms with Gasteiger partial charge in [0.1, 0.15) is 11.2 Å². The summed E-state index contributed by atoms with van der Waals surface area (Å²) in [6.45, 7) is 4.73. The molecule has 0 radical (unpaired) electrons. The van der Waals surface area contributed by atoms with Gasteiger partial charge in [0.25, 0.3) is 0 Å². The predicted octanol–water partition coefficient (Wildman–Crippen LogP) is 15.3. The number of furan rings is 1. The van der Waals surface area contributed by atoms with Crippen molar-refractivity contribution in [3.05, 3.63) is 163 Å². The Hall–Kier alpha value is -5.94. The van der Waals surface area contributed by atoms with Crippen LogP contribution in [0.5, 0.6) is 0 Å². The maximum Gasteiger partial charge on any atom is 0.144 e. The van der Waals surface area contributed by atoms with Crippen molar-refractivity contribution in [3.8, 4) is 11.1 Å². The SMILES string of the molecule is CC1(C)c2ccccc2-c2ccc(N(c3ccc4c(c3)sc3ccccc34)c3cccc4c3sc3ccc5c6ccc7ccccc7c6oc5c34)cc21. The maximum absolute atomic E-state index is 6.89. The van der Waals surface area contributed by atoms with Gasteiger partial charge in [0, 0.05) is 68.6 Å². The van der Waals surface area contributed by atoms with Gasteiger partial charge in [-0.1, -0.05) is 111 Å². The van der Waals surface area contributed by atoms with Crippen LogP contribution in [-0.2, 0) is 5.41 Å². The van der Waals surface area contributed by atoms with Gasteiger partial charge in [-0.15, -0.1) is 22.7 Å². The van der Waals surface area contributed by atoms with Crippen molar-refractivity contribution >= 4 is 113 Å². The highest BCUT2D eigenvalue weighted by atomic mass is 32.1. The largest absolute Gasteiger partial charge is 0.455 e. The summed E-state index contributed by atoms with van der Waals surface area (Å²) in [6, 6.07) is 56.1. The zero-order valence-corrected chi connectivity index (χ0v) is 30.7. The molecule has 11 aromatic rings. The Morgan fingerprint density at radius 3 is 2.11 bits per heavy atom. The third kappa shape index (κ3) is 4.02. The molecule has 12 rings (SSSR count). The molecular formula is C49H31NOS2. The second-order valence-electron chi connectivity index (χ2n) is 14.9. The van der Waals surface area contributed by atoms with Gasteiger partial charge in [0.15, 0.2) is 0 Å². The molecule has 8 aromatic carbocycles. The Labute approximate surface area is 313 Å². The van der Waals surface area contributed by atoms with Crippen molar-refractivity contribution in [2.75, 3.05) is 4.90 Å². The molecule has 53 heavy (non-hydrogen) atoms. The van der Waals surface area contributed by atoms with Gasteiger partial charge < -0.3 is 9.32 Å². The zero-order valence-electron chi connectivity index (χ0n) is 29.1. The maximum atomic E-state index is 6.89. The first-order valence-electron chi connectivity index (χ1n) is 18.2. The second-order valence-corrected chi connectivity index (χ2v) is 17.0. The summed E-state index contributed by atoms with van der Waals surface area (Å²) in [5.41, 5.74) is 10.7. The lowest BCUT2D eigenvalue weighted by Gasteiger charge is -2.28. The molecule has 1 aliphatic carbocycles. The molecule has 3 heterocycles. The number of benzene rings is 8. The molecule has 0 aliphatic heterocycles. The van der Waals surface area contributed by atoms with Crippen LogP contribution in [0.3, 0.4) is 0 Å². The van der Waals surface area contributed by atoms with Crippen LogP contribution >= 0.6 is 22.7 Å². The minimum Gasteiger partial charge on any atom is -0.455 e. The van der Waals surface area contributed by atoms with E-state index in [1.165, 1.54) is 73.7 Å². The number of thiophene rings is 2. The lowest BCUT2D eigenvalue weighted by Crippen LogP contribution is -2.16. The van der Waals surface area contributed by atoms with E-state index in [2.05, 4.69) is 170 Å². The fourth-order valence-electron chi connectivity index (χ4n) is 9.12. The average Bonchev–Trinajstić information content (AvgIpc) is 3.93. The molecule has 4 heteroatoms. The monoisotopic (exact) mass is 713 g/mol. The molecule has 0 fully saturated rings. The van der Waals surface area contributed by atoms with Crippen molar-refractivity contribution in [1.29, 1.82) is 0 Å². The van der Waals surface area contributed by atoms with E-state index < -0.39 is 0 Å². The molecule has 0 saturated carbocycles. The van der Waals surface area contributed by atoms with E-state index in [4.69, 9.17) is 4.42 Å². The number of anilines is 3. The Morgan fingerprint density at radius 1 is 0.472 bits per heavy atom. The summed E-state index contributed by atoms with van der Waals surface area (Å²) < 4.78 is 12.0. The summed E-state index contributed by atoms with van der Waals surface area (Å²) in [4.78, 5) is 2.49. The summed E-state index contributed by atoms with van der Waals surface area (Å²) in [5, 5.41) is 9.70. The van der Waals surface area contributed by atoms with E-state index in [0.29, 0.717) is 0 Å². The Morgan fingerprint density at radius 2 is 1.17 bits per heavy atom. The number of nitrogens with zero attached hydrogens (tertiary/aromatic N) is 1. The molecule has 250 valence electrons.